The summed E-state index contributed by atoms with van der Waals surface area (Å²) >= 11 is 9.43. The van der Waals surface area contributed by atoms with E-state index < -0.39 is 0 Å². The lowest BCUT2D eigenvalue weighted by molar-refractivity contribution is -0.131. The number of nitrogens with zero attached hydrogens (tertiary/aromatic N) is 2. The van der Waals surface area contributed by atoms with Crippen molar-refractivity contribution in [3.8, 4) is 0 Å². The molecule has 0 radical (unpaired) electrons. The van der Waals surface area contributed by atoms with E-state index in [0.29, 0.717) is 36.0 Å². The monoisotopic (exact) mass is 412 g/mol. The molecule has 130 valence electrons. The summed E-state index contributed by atoms with van der Waals surface area (Å²) in [7, 11) is 0. The topological polar surface area (TPSA) is 40.6 Å². The van der Waals surface area contributed by atoms with Gasteiger partial charge in [0.1, 0.15) is 0 Å². The van der Waals surface area contributed by atoms with Crippen molar-refractivity contribution in [2.45, 2.75) is 32.1 Å². The summed E-state index contributed by atoms with van der Waals surface area (Å²) in [6.07, 6.45) is 4.68. The fraction of sp³-hybridized carbons (Fsp3) is 0.556. The molecule has 0 aliphatic carbocycles. The van der Waals surface area contributed by atoms with E-state index in [4.69, 9.17) is 11.6 Å². The lowest BCUT2D eigenvalue weighted by Crippen LogP contribution is -2.40. The van der Waals surface area contributed by atoms with Crippen molar-refractivity contribution in [2.75, 3.05) is 26.2 Å². The van der Waals surface area contributed by atoms with Gasteiger partial charge in [-0.1, -0.05) is 11.6 Å². The zero-order chi connectivity index (χ0) is 17.1. The highest BCUT2D eigenvalue weighted by atomic mass is 79.9. The van der Waals surface area contributed by atoms with Gasteiger partial charge in [-0.2, -0.15) is 0 Å². The van der Waals surface area contributed by atoms with Crippen LogP contribution in [0.1, 0.15) is 42.5 Å². The van der Waals surface area contributed by atoms with E-state index >= 15 is 0 Å². The quantitative estimate of drug-likeness (QED) is 0.752. The molecule has 24 heavy (non-hydrogen) atoms. The molecule has 0 bridgehead atoms. The zero-order valence-electron chi connectivity index (χ0n) is 13.6. The van der Waals surface area contributed by atoms with Gasteiger partial charge in [0.15, 0.2) is 0 Å². The minimum Gasteiger partial charge on any atom is -0.343 e. The summed E-state index contributed by atoms with van der Waals surface area (Å²) < 4.78 is 0.767. The molecule has 0 spiro atoms. The van der Waals surface area contributed by atoms with Crippen LogP contribution < -0.4 is 0 Å². The highest BCUT2D eigenvalue weighted by Crippen LogP contribution is 2.27. The predicted octanol–water partition coefficient (Wildman–Crippen LogP) is 3.97. The van der Waals surface area contributed by atoms with Crippen molar-refractivity contribution in [2.24, 2.45) is 5.92 Å². The lowest BCUT2D eigenvalue weighted by Gasteiger charge is -2.32. The molecule has 2 aliphatic heterocycles. The maximum absolute atomic E-state index is 12.7. The van der Waals surface area contributed by atoms with Gasteiger partial charge >= 0.3 is 0 Å². The smallest absolute Gasteiger partial charge is 0.255 e. The number of hydrogen-bond acceptors (Lipinski definition) is 2. The average Bonchev–Trinajstić information content (AvgIpc) is 3.12. The SMILES string of the molecule is O=C(CC1CCN(C(=O)c2cc(Cl)ccc2Br)CC1)N1CCCC1. The Hall–Kier alpha value is -1.07. The molecule has 3 rings (SSSR count). The van der Waals surface area contributed by atoms with Crippen LogP contribution in [0.5, 0.6) is 0 Å². The molecule has 0 saturated carbocycles. The lowest BCUT2D eigenvalue weighted by atomic mass is 9.92. The van der Waals surface area contributed by atoms with Gasteiger partial charge in [0.2, 0.25) is 5.91 Å². The zero-order valence-corrected chi connectivity index (χ0v) is 16.0. The van der Waals surface area contributed by atoms with Crippen LogP contribution in [0.2, 0.25) is 5.02 Å². The minimum absolute atomic E-state index is 0.00805. The summed E-state index contributed by atoms with van der Waals surface area (Å²) in [5.41, 5.74) is 0.606. The van der Waals surface area contributed by atoms with E-state index in [0.717, 1.165) is 43.2 Å². The van der Waals surface area contributed by atoms with Gasteiger partial charge in [-0.05, 0) is 65.7 Å². The fourth-order valence-corrected chi connectivity index (χ4v) is 4.10. The molecule has 0 unspecified atom stereocenters. The average molecular weight is 414 g/mol. The Balaban J connectivity index is 1.53. The molecule has 2 heterocycles. The molecule has 0 atom stereocenters. The molecular formula is C18H22BrClN2O2. The van der Waals surface area contributed by atoms with Crippen molar-refractivity contribution >= 4 is 39.3 Å². The van der Waals surface area contributed by atoms with Crippen molar-refractivity contribution in [3.63, 3.8) is 0 Å². The van der Waals surface area contributed by atoms with E-state index in [9.17, 15) is 9.59 Å². The van der Waals surface area contributed by atoms with Crippen LogP contribution in [-0.4, -0.2) is 47.8 Å². The van der Waals surface area contributed by atoms with Gasteiger partial charge in [0.05, 0.1) is 5.56 Å². The Morgan fingerprint density at radius 3 is 2.42 bits per heavy atom. The number of benzene rings is 1. The van der Waals surface area contributed by atoms with Crippen molar-refractivity contribution in [1.29, 1.82) is 0 Å². The number of piperidine rings is 1. The Labute approximate surface area is 156 Å². The highest BCUT2D eigenvalue weighted by molar-refractivity contribution is 9.10. The maximum Gasteiger partial charge on any atom is 0.255 e. The molecule has 2 saturated heterocycles. The van der Waals surface area contributed by atoms with Gasteiger partial charge in [-0.15, -0.1) is 0 Å². The first kappa shape index (κ1) is 17.7. The normalized spacial score (nSPS) is 18.9. The third-order valence-electron chi connectivity index (χ3n) is 4.98. The number of amides is 2. The number of rotatable bonds is 3. The predicted molar refractivity (Wildman–Crippen MR) is 98.2 cm³/mol. The van der Waals surface area contributed by atoms with Crippen LogP contribution in [-0.2, 0) is 4.79 Å². The van der Waals surface area contributed by atoms with Crippen LogP contribution in [0.4, 0.5) is 0 Å². The molecule has 2 aliphatic rings. The fourth-order valence-electron chi connectivity index (χ4n) is 3.51. The first-order valence-corrected chi connectivity index (χ1v) is 9.74. The van der Waals surface area contributed by atoms with Crippen molar-refractivity contribution in [3.05, 3.63) is 33.3 Å². The Bertz CT molecular complexity index is 623. The summed E-state index contributed by atoms with van der Waals surface area (Å²) in [6.45, 7) is 3.24. The van der Waals surface area contributed by atoms with E-state index in [1.807, 2.05) is 9.80 Å². The van der Waals surface area contributed by atoms with E-state index in [2.05, 4.69) is 15.9 Å². The standard InChI is InChI=1S/C18H22BrClN2O2/c19-16-4-3-14(20)12-15(16)18(24)22-9-5-13(6-10-22)11-17(23)21-7-1-2-8-21/h3-4,12-13H,1-2,5-11H2. The molecule has 1 aromatic rings. The largest absolute Gasteiger partial charge is 0.343 e. The van der Waals surface area contributed by atoms with Crippen LogP contribution in [0.3, 0.4) is 0 Å². The molecule has 2 fully saturated rings. The summed E-state index contributed by atoms with van der Waals surface area (Å²) in [6, 6.07) is 5.27. The second-order valence-corrected chi connectivity index (χ2v) is 7.94. The van der Waals surface area contributed by atoms with Gasteiger partial charge < -0.3 is 9.80 Å². The Kier molecular flexibility index (Phi) is 5.82. The first-order chi connectivity index (χ1) is 11.5. The van der Waals surface area contributed by atoms with Crippen LogP contribution in [0.25, 0.3) is 0 Å². The molecular weight excluding hydrogens is 392 g/mol. The molecule has 6 heteroatoms. The Morgan fingerprint density at radius 1 is 1.08 bits per heavy atom. The number of likely N-dealkylation sites (tertiary alicyclic amines) is 2. The third kappa shape index (κ3) is 4.12. The molecule has 4 nitrogen and oxygen atoms in total. The molecule has 0 aromatic heterocycles. The van der Waals surface area contributed by atoms with Crippen molar-refractivity contribution < 1.29 is 9.59 Å². The van der Waals surface area contributed by atoms with Gasteiger partial charge in [0.25, 0.3) is 5.91 Å². The summed E-state index contributed by atoms with van der Waals surface area (Å²) in [4.78, 5) is 28.8. The van der Waals surface area contributed by atoms with Crippen LogP contribution >= 0.6 is 27.5 Å². The van der Waals surface area contributed by atoms with E-state index in [1.54, 1.807) is 18.2 Å². The van der Waals surface area contributed by atoms with E-state index in [-0.39, 0.29) is 11.8 Å². The van der Waals surface area contributed by atoms with Crippen LogP contribution in [0.15, 0.2) is 22.7 Å². The minimum atomic E-state index is 0.00805. The molecule has 0 N–H and O–H groups in total. The first-order valence-electron chi connectivity index (χ1n) is 8.56. The van der Waals surface area contributed by atoms with Crippen molar-refractivity contribution in [1.82, 2.24) is 9.80 Å². The highest BCUT2D eigenvalue weighted by Gasteiger charge is 2.28. The van der Waals surface area contributed by atoms with Gasteiger partial charge in [0, 0.05) is 42.1 Å². The summed E-state index contributed by atoms with van der Waals surface area (Å²) in [5.74, 6) is 0.688. The number of hydrogen-bond donors (Lipinski definition) is 0. The maximum atomic E-state index is 12.7. The number of halogens is 2. The van der Waals surface area contributed by atoms with Gasteiger partial charge in [-0.25, -0.2) is 0 Å². The second kappa shape index (κ2) is 7.87. The van der Waals surface area contributed by atoms with E-state index in [1.165, 1.54) is 0 Å². The number of carbonyl (C=O) groups is 2. The third-order valence-corrected chi connectivity index (χ3v) is 5.91. The Morgan fingerprint density at radius 2 is 1.75 bits per heavy atom. The summed E-state index contributed by atoms with van der Waals surface area (Å²) in [5, 5.41) is 0.563. The molecule has 2 amide bonds. The molecule has 1 aromatic carbocycles. The van der Waals surface area contributed by atoms with Crippen LogP contribution in [0, 0.1) is 5.92 Å². The number of carbonyl (C=O) groups excluding carboxylic acids is 2. The second-order valence-electron chi connectivity index (χ2n) is 6.65. The van der Waals surface area contributed by atoms with Gasteiger partial charge in [-0.3, -0.25) is 9.59 Å².